The molecule has 0 unspecified atom stereocenters. The molecule has 1 fully saturated rings. The van der Waals surface area contributed by atoms with Gasteiger partial charge in [-0.15, -0.1) is 0 Å². The number of aromatic nitrogens is 2. The molecule has 12 heteroatoms. The number of hydrogen-bond acceptors (Lipinski definition) is 7. The number of nitrogens with zero attached hydrogens (tertiary/aromatic N) is 3. The third-order valence-corrected chi connectivity index (χ3v) is 7.91. The second-order valence-corrected chi connectivity index (χ2v) is 11.3. The number of ether oxygens (including phenoxy) is 1. The van der Waals surface area contributed by atoms with Gasteiger partial charge in [-0.25, -0.2) is 26.6 Å². The van der Waals surface area contributed by atoms with Crippen LogP contribution in [0.4, 0.5) is 4.79 Å². The van der Waals surface area contributed by atoms with Crippen LogP contribution >= 0.6 is 0 Å². The van der Waals surface area contributed by atoms with Crippen LogP contribution in [0.25, 0.3) is 11.0 Å². The van der Waals surface area contributed by atoms with Gasteiger partial charge < -0.3 is 14.6 Å². The third-order valence-electron chi connectivity index (χ3n) is 5.12. The summed E-state index contributed by atoms with van der Waals surface area (Å²) in [6.07, 6.45) is 0.533. The molecule has 0 radical (unpaired) electrons. The van der Waals surface area contributed by atoms with Crippen LogP contribution in [0.5, 0.6) is 0 Å². The lowest BCUT2D eigenvalue weighted by atomic mass is 10.2. The summed E-state index contributed by atoms with van der Waals surface area (Å²) >= 11 is 0. The van der Waals surface area contributed by atoms with Crippen LogP contribution in [0.1, 0.15) is 5.56 Å². The number of nitrogens with one attached hydrogen (secondary N) is 1. The van der Waals surface area contributed by atoms with Crippen molar-refractivity contribution in [3.8, 4) is 0 Å². The molecule has 0 aliphatic carbocycles. The first-order valence-electron chi connectivity index (χ1n) is 9.80. The van der Waals surface area contributed by atoms with Crippen molar-refractivity contribution in [2.24, 2.45) is 0 Å². The smallest absolute Gasteiger partial charge is 0.410 e. The van der Waals surface area contributed by atoms with Gasteiger partial charge in [0.2, 0.25) is 25.0 Å². The highest BCUT2D eigenvalue weighted by Gasteiger charge is 2.31. The van der Waals surface area contributed by atoms with Gasteiger partial charge >= 0.3 is 6.09 Å². The van der Waals surface area contributed by atoms with E-state index in [-0.39, 0.29) is 42.8 Å². The molecule has 0 atom stereocenters. The molecule has 4 rings (SSSR count). The van der Waals surface area contributed by atoms with Gasteiger partial charge in [-0.05, 0) is 23.8 Å². The monoisotopic (exact) mass is 478 g/mol. The Balaban J connectivity index is 1.41. The molecular formula is C20H22N4O6S2. The zero-order valence-electron chi connectivity index (χ0n) is 17.3. The standard InChI is InChI=1S/C20H22N4O6S2/c1-31(26,27)19-21-17-8-7-16(13-18(17)22-19)32(28,29)24-11-9-23(10-12-24)20(25)30-14-15-5-3-2-4-6-15/h2-8,13H,9-12,14H2,1H3,(H,21,22). The number of rotatable bonds is 5. The van der Waals surface area contributed by atoms with Crippen molar-refractivity contribution in [3.05, 3.63) is 54.1 Å². The highest BCUT2D eigenvalue weighted by atomic mass is 32.2. The van der Waals surface area contributed by atoms with Gasteiger partial charge in [-0.2, -0.15) is 4.31 Å². The number of sulfone groups is 1. The van der Waals surface area contributed by atoms with E-state index >= 15 is 0 Å². The summed E-state index contributed by atoms with van der Waals surface area (Å²) in [6, 6.07) is 13.5. The molecule has 1 N–H and O–H groups in total. The lowest BCUT2D eigenvalue weighted by Crippen LogP contribution is -2.50. The first kappa shape index (κ1) is 22.2. The average molecular weight is 479 g/mol. The summed E-state index contributed by atoms with van der Waals surface area (Å²) in [5.41, 5.74) is 1.54. The Morgan fingerprint density at radius 2 is 1.72 bits per heavy atom. The molecule has 1 aromatic heterocycles. The Morgan fingerprint density at radius 1 is 1.03 bits per heavy atom. The molecule has 1 aliphatic rings. The minimum Gasteiger partial charge on any atom is -0.445 e. The highest BCUT2D eigenvalue weighted by Crippen LogP contribution is 2.23. The van der Waals surface area contributed by atoms with Crippen LogP contribution in [0.2, 0.25) is 0 Å². The van der Waals surface area contributed by atoms with Gasteiger partial charge in [0.1, 0.15) is 6.61 Å². The molecule has 3 aromatic rings. The van der Waals surface area contributed by atoms with Crippen LogP contribution in [0.15, 0.2) is 58.6 Å². The molecule has 2 heterocycles. The van der Waals surface area contributed by atoms with Crippen molar-refractivity contribution in [3.63, 3.8) is 0 Å². The molecule has 0 bridgehead atoms. The van der Waals surface area contributed by atoms with E-state index in [1.165, 1.54) is 27.4 Å². The Bertz CT molecular complexity index is 1350. The number of fused-ring (bicyclic) bond motifs is 1. The van der Waals surface area contributed by atoms with E-state index in [0.29, 0.717) is 11.0 Å². The molecule has 1 amide bonds. The quantitative estimate of drug-likeness (QED) is 0.590. The maximum atomic E-state index is 13.1. The molecule has 1 aliphatic heterocycles. The minimum absolute atomic E-state index is 0.0220. The predicted octanol–water partition coefficient (Wildman–Crippen LogP) is 1.61. The van der Waals surface area contributed by atoms with Crippen molar-refractivity contribution in [2.75, 3.05) is 32.4 Å². The Labute approximate surface area is 185 Å². The number of carbonyl (C=O) groups is 1. The zero-order chi connectivity index (χ0) is 22.9. The minimum atomic E-state index is -3.83. The van der Waals surface area contributed by atoms with E-state index < -0.39 is 26.0 Å². The van der Waals surface area contributed by atoms with Gasteiger partial charge in [0.15, 0.2) is 0 Å². The summed E-state index contributed by atoms with van der Waals surface area (Å²) in [6.45, 7) is 0.809. The maximum absolute atomic E-state index is 13.1. The fraction of sp³-hybridized carbons (Fsp3) is 0.300. The Morgan fingerprint density at radius 3 is 2.38 bits per heavy atom. The van der Waals surface area contributed by atoms with Crippen LogP contribution in [0.3, 0.4) is 0 Å². The predicted molar refractivity (Wildman–Crippen MR) is 116 cm³/mol. The summed E-state index contributed by atoms with van der Waals surface area (Å²) in [5.74, 6) is 0. The van der Waals surface area contributed by atoms with Gasteiger partial charge in [-0.3, -0.25) is 0 Å². The van der Waals surface area contributed by atoms with Crippen molar-refractivity contribution in [1.82, 2.24) is 19.2 Å². The van der Waals surface area contributed by atoms with Crippen LogP contribution in [0, 0.1) is 0 Å². The number of amides is 1. The number of piperazine rings is 1. The molecule has 32 heavy (non-hydrogen) atoms. The fourth-order valence-electron chi connectivity index (χ4n) is 3.37. The summed E-state index contributed by atoms with van der Waals surface area (Å²) in [5, 5.41) is -0.218. The molecular weight excluding hydrogens is 456 g/mol. The molecule has 10 nitrogen and oxygen atoms in total. The normalized spacial score (nSPS) is 15.7. The maximum Gasteiger partial charge on any atom is 0.410 e. The number of H-pyrrole nitrogens is 1. The molecule has 170 valence electrons. The van der Waals surface area contributed by atoms with Crippen molar-refractivity contribution >= 4 is 37.0 Å². The number of aromatic amines is 1. The third kappa shape index (κ3) is 4.61. The highest BCUT2D eigenvalue weighted by molar-refractivity contribution is 7.90. The summed E-state index contributed by atoms with van der Waals surface area (Å²) < 4.78 is 56.1. The molecule has 2 aromatic carbocycles. The van der Waals surface area contributed by atoms with Gasteiger partial charge in [0.05, 0.1) is 15.9 Å². The first-order valence-corrected chi connectivity index (χ1v) is 13.1. The number of sulfonamides is 1. The average Bonchev–Trinajstić information content (AvgIpc) is 3.22. The van der Waals surface area contributed by atoms with Crippen molar-refractivity contribution in [1.29, 1.82) is 0 Å². The molecule has 0 spiro atoms. The van der Waals surface area contributed by atoms with Gasteiger partial charge in [0, 0.05) is 32.4 Å². The van der Waals surface area contributed by atoms with Gasteiger partial charge in [-0.1, -0.05) is 30.3 Å². The van der Waals surface area contributed by atoms with Crippen LogP contribution in [-0.2, 0) is 31.2 Å². The van der Waals surface area contributed by atoms with Gasteiger partial charge in [0.25, 0.3) is 0 Å². The van der Waals surface area contributed by atoms with E-state index in [2.05, 4.69) is 9.97 Å². The fourth-order valence-corrected chi connectivity index (χ4v) is 5.38. The van der Waals surface area contributed by atoms with Crippen molar-refractivity contribution < 1.29 is 26.4 Å². The Hall–Kier alpha value is -2.96. The summed E-state index contributed by atoms with van der Waals surface area (Å²) in [4.78, 5) is 20.4. The second kappa shape index (κ2) is 8.52. The van der Waals surface area contributed by atoms with Crippen LogP contribution in [-0.4, -0.2) is 74.5 Å². The second-order valence-electron chi connectivity index (χ2n) is 7.42. The SMILES string of the molecule is CS(=O)(=O)c1nc2ccc(S(=O)(=O)N3CCN(C(=O)OCc4ccccc4)CC3)cc2[nH]1. The first-order chi connectivity index (χ1) is 15.1. The number of carbonyl (C=O) groups excluding carboxylic acids is 1. The Kier molecular flexibility index (Phi) is 5.93. The van der Waals surface area contributed by atoms with E-state index in [0.717, 1.165) is 11.8 Å². The van der Waals surface area contributed by atoms with E-state index in [1.807, 2.05) is 30.3 Å². The van der Waals surface area contributed by atoms with E-state index in [1.54, 1.807) is 0 Å². The zero-order valence-corrected chi connectivity index (χ0v) is 18.9. The van der Waals surface area contributed by atoms with E-state index in [9.17, 15) is 21.6 Å². The topological polar surface area (TPSA) is 130 Å². The largest absolute Gasteiger partial charge is 0.445 e. The van der Waals surface area contributed by atoms with Crippen LogP contribution < -0.4 is 0 Å². The number of imidazole rings is 1. The number of hydrogen-bond donors (Lipinski definition) is 1. The van der Waals surface area contributed by atoms with Crippen molar-refractivity contribution in [2.45, 2.75) is 16.7 Å². The van der Waals surface area contributed by atoms with E-state index in [4.69, 9.17) is 4.74 Å². The summed E-state index contributed by atoms with van der Waals surface area (Å²) in [7, 11) is -7.37. The molecule has 1 saturated heterocycles. The number of benzene rings is 2. The lowest BCUT2D eigenvalue weighted by molar-refractivity contribution is 0.0838. The molecule has 0 saturated carbocycles. The lowest BCUT2D eigenvalue weighted by Gasteiger charge is -2.33.